The Morgan fingerprint density at radius 3 is 2.30 bits per heavy atom. The van der Waals surface area contributed by atoms with E-state index in [1.807, 2.05) is 0 Å². The van der Waals surface area contributed by atoms with Crippen LogP contribution < -0.4 is 11.1 Å². The van der Waals surface area contributed by atoms with Crippen molar-refractivity contribution in [2.75, 3.05) is 20.3 Å². The first-order valence-electron chi connectivity index (χ1n) is 8.12. The highest BCUT2D eigenvalue weighted by Crippen LogP contribution is 2.59. The number of ether oxygens (including phenoxy) is 1. The van der Waals surface area contributed by atoms with E-state index < -0.39 is 6.04 Å². The second-order valence-electron chi connectivity index (χ2n) is 7.52. The van der Waals surface area contributed by atoms with E-state index in [9.17, 15) is 4.79 Å². The molecule has 0 aromatic rings. The molecule has 1 amide bonds. The molecular formula is C16H28N2O2. The van der Waals surface area contributed by atoms with Crippen molar-refractivity contribution in [1.29, 1.82) is 0 Å². The molecule has 4 heteroatoms. The molecule has 0 aromatic heterocycles. The topological polar surface area (TPSA) is 64.3 Å². The first kappa shape index (κ1) is 14.3. The van der Waals surface area contributed by atoms with Gasteiger partial charge >= 0.3 is 0 Å². The molecule has 4 aliphatic rings. The van der Waals surface area contributed by atoms with E-state index in [0.717, 1.165) is 24.3 Å². The van der Waals surface area contributed by atoms with E-state index in [0.29, 0.717) is 18.4 Å². The number of nitrogens with one attached hydrogen (secondary N) is 1. The zero-order chi connectivity index (χ0) is 14.2. The average Bonchev–Trinajstić information content (AvgIpc) is 2.40. The Hall–Kier alpha value is -0.610. The maximum atomic E-state index is 12.1. The SMILES string of the molecule is COCCC(N)C(=O)NCC12CC3CC(CC(C3)C1)C2. The van der Waals surface area contributed by atoms with Crippen molar-refractivity contribution in [3.8, 4) is 0 Å². The van der Waals surface area contributed by atoms with Gasteiger partial charge in [0.05, 0.1) is 6.04 Å². The minimum Gasteiger partial charge on any atom is -0.385 e. The number of rotatable bonds is 6. The second-order valence-corrected chi connectivity index (χ2v) is 7.52. The highest BCUT2D eigenvalue weighted by molar-refractivity contribution is 5.81. The standard InChI is InChI=1S/C16H28N2O2/c1-20-3-2-14(17)15(19)18-10-16-7-11-4-12(8-16)6-13(5-11)9-16/h11-14H,2-10,17H2,1H3,(H,18,19). The lowest BCUT2D eigenvalue weighted by atomic mass is 9.49. The Morgan fingerprint density at radius 1 is 1.25 bits per heavy atom. The van der Waals surface area contributed by atoms with Crippen LogP contribution in [0.25, 0.3) is 0 Å². The number of methoxy groups -OCH3 is 1. The molecule has 4 rings (SSSR count). The Balaban J connectivity index is 1.52. The predicted octanol–water partition coefficient (Wildman–Crippen LogP) is 1.68. The van der Waals surface area contributed by atoms with E-state index >= 15 is 0 Å². The molecule has 0 saturated heterocycles. The van der Waals surface area contributed by atoms with Crippen LogP contribution in [0.3, 0.4) is 0 Å². The molecule has 4 aliphatic carbocycles. The van der Waals surface area contributed by atoms with Crippen LogP contribution in [0.2, 0.25) is 0 Å². The maximum absolute atomic E-state index is 12.1. The van der Waals surface area contributed by atoms with Gasteiger partial charge in [0.2, 0.25) is 5.91 Å². The maximum Gasteiger partial charge on any atom is 0.237 e. The second kappa shape index (κ2) is 5.64. The molecule has 0 heterocycles. The fourth-order valence-corrected chi connectivity index (χ4v) is 5.29. The van der Waals surface area contributed by atoms with Crippen molar-refractivity contribution < 1.29 is 9.53 Å². The van der Waals surface area contributed by atoms with Gasteiger partial charge < -0.3 is 15.8 Å². The number of nitrogens with two attached hydrogens (primary N) is 1. The van der Waals surface area contributed by atoms with E-state index in [-0.39, 0.29) is 5.91 Å². The molecule has 1 atom stereocenters. The molecule has 0 radical (unpaired) electrons. The Bertz CT molecular complexity index is 334. The molecule has 1 unspecified atom stereocenters. The van der Waals surface area contributed by atoms with Gasteiger partial charge in [-0.25, -0.2) is 0 Å². The molecule has 0 aliphatic heterocycles. The normalized spacial score (nSPS) is 39.8. The zero-order valence-corrected chi connectivity index (χ0v) is 12.6. The van der Waals surface area contributed by atoms with Gasteiger partial charge in [0.1, 0.15) is 0 Å². The smallest absolute Gasteiger partial charge is 0.237 e. The lowest BCUT2D eigenvalue weighted by Gasteiger charge is -2.57. The summed E-state index contributed by atoms with van der Waals surface area (Å²) in [6.45, 7) is 1.39. The summed E-state index contributed by atoms with van der Waals surface area (Å²) in [5, 5.41) is 3.13. The highest BCUT2D eigenvalue weighted by Gasteiger charge is 2.50. The molecule has 20 heavy (non-hydrogen) atoms. The third-order valence-electron chi connectivity index (χ3n) is 5.77. The lowest BCUT2D eigenvalue weighted by Crippen LogP contribution is -2.53. The molecule has 4 saturated carbocycles. The summed E-state index contributed by atoms with van der Waals surface area (Å²) in [6.07, 6.45) is 8.91. The van der Waals surface area contributed by atoms with Gasteiger partial charge in [0.25, 0.3) is 0 Å². The number of hydrogen-bond donors (Lipinski definition) is 2. The van der Waals surface area contributed by atoms with E-state index in [2.05, 4.69) is 5.32 Å². The van der Waals surface area contributed by atoms with Crippen molar-refractivity contribution in [2.45, 2.75) is 51.0 Å². The van der Waals surface area contributed by atoms with Crippen LogP contribution in [-0.4, -0.2) is 32.2 Å². The Labute approximate surface area is 121 Å². The minimum absolute atomic E-state index is 0.00204. The van der Waals surface area contributed by atoms with Gasteiger partial charge in [-0.3, -0.25) is 4.79 Å². The van der Waals surface area contributed by atoms with Crippen LogP contribution in [0.1, 0.15) is 44.9 Å². The fourth-order valence-electron chi connectivity index (χ4n) is 5.29. The Morgan fingerprint density at radius 2 is 1.80 bits per heavy atom. The molecule has 114 valence electrons. The summed E-state index contributed by atoms with van der Waals surface area (Å²) in [5.74, 6) is 2.79. The van der Waals surface area contributed by atoms with Crippen molar-refractivity contribution in [1.82, 2.24) is 5.32 Å². The monoisotopic (exact) mass is 280 g/mol. The van der Waals surface area contributed by atoms with Crippen molar-refractivity contribution in [2.24, 2.45) is 28.9 Å². The number of carbonyl (C=O) groups is 1. The van der Waals surface area contributed by atoms with Crippen molar-refractivity contribution >= 4 is 5.91 Å². The Kier molecular flexibility index (Phi) is 4.04. The molecular weight excluding hydrogens is 252 g/mol. The lowest BCUT2D eigenvalue weighted by molar-refractivity contribution is -0.124. The first-order chi connectivity index (χ1) is 9.60. The largest absolute Gasteiger partial charge is 0.385 e. The fraction of sp³-hybridized carbons (Fsp3) is 0.938. The minimum atomic E-state index is -0.427. The quantitative estimate of drug-likeness (QED) is 0.778. The zero-order valence-electron chi connectivity index (χ0n) is 12.6. The molecule has 0 aromatic carbocycles. The summed E-state index contributed by atoms with van der Waals surface area (Å²) in [4.78, 5) is 12.1. The average molecular weight is 280 g/mol. The van der Waals surface area contributed by atoms with E-state index in [1.54, 1.807) is 7.11 Å². The highest BCUT2D eigenvalue weighted by atomic mass is 16.5. The van der Waals surface area contributed by atoms with E-state index in [1.165, 1.54) is 38.5 Å². The summed E-state index contributed by atoms with van der Waals surface area (Å²) in [7, 11) is 1.64. The number of carbonyl (C=O) groups excluding carboxylic acids is 1. The van der Waals surface area contributed by atoms with Crippen LogP contribution in [0.5, 0.6) is 0 Å². The molecule has 0 spiro atoms. The van der Waals surface area contributed by atoms with Gasteiger partial charge in [-0.15, -0.1) is 0 Å². The van der Waals surface area contributed by atoms with Gasteiger partial charge in [-0.2, -0.15) is 0 Å². The summed E-state index contributed by atoms with van der Waals surface area (Å²) in [5.41, 5.74) is 6.28. The first-order valence-corrected chi connectivity index (χ1v) is 8.12. The number of amides is 1. The van der Waals surface area contributed by atoms with Crippen molar-refractivity contribution in [3.63, 3.8) is 0 Å². The molecule has 3 N–H and O–H groups in total. The molecule has 4 nitrogen and oxygen atoms in total. The van der Waals surface area contributed by atoms with Gasteiger partial charge in [-0.1, -0.05) is 0 Å². The van der Waals surface area contributed by atoms with Crippen LogP contribution >= 0.6 is 0 Å². The third-order valence-corrected chi connectivity index (χ3v) is 5.77. The summed E-state index contributed by atoms with van der Waals surface area (Å²) >= 11 is 0. The van der Waals surface area contributed by atoms with Crippen LogP contribution in [0.4, 0.5) is 0 Å². The van der Waals surface area contributed by atoms with E-state index in [4.69, 9.17) is 10.5 Å². The predicted molar refractivity (Wildman–Crippen MR) is 78.1 cm³/mol. The molecule has 4 bridgehead atoms. The van der Waals surface area contributed by atoms with Gasteiger partial charge in [-0.05, 0) is 68.1 Å². The summed E-state index contributed by atoms with van der Waals surface area (Å²) < 4.78 is 4.98. The van der Waals surface area contributed by atoms with Crippen LogP contribution in [-0.2, 0) is 9.53 Å². The van der Waals surface area contributed by atoms with Crippen molar-refractivity contribution in [3.05, 3.63) is 0 Å². The molecule has 4 fully saturated rings. The van der Waals surface area contributed by atoms with Gasteiger partial charge in [0.15, 0.2) is 0 Å². The summed E-state index contributed by atoms with van der Waals surface area (Å²) in [6, 6.07) is -0.427. The van der Waals surface area contributed by atoms with Gasteiger partial charge in [0, 0.05) is 20.3 Å². The van der Waals surface area contributed by atoms with Crippen LogP contribution in [0.15, 0.2) is 0 Å². The third kappa shape index (κ3) is 2.86. The van der Waals surface area contributed by atoms with Crippen LogP contribution in [0, 0.1) is 23.2 Å². The number of hydrogen-bond acceptors (Lipinski definition) is 3.